The third-order valence-electron chi connectivity index (χ3n) is 5.62. The van der Waals surface area contributed by atoms with Gasteiger partial charge in [0.2, 0.25) is 5.91 Å². The fraction of sp³-hybridized carbons (Fsp3) is 0.333. The maximum Gasteiger partial charge on any atom is 0.308 e. The van der Waals surface area contributed by atoms with Gasteiger partial charge in [0.1, 0.15) is 11.8 Å². The van der Waals surface area contributed by atoms with E-state index in [1.54, 1.807) is 18.2 Å². The van der Waals surface area contributed by atoms with Crippen molar-refractivity contribution in [3.05, 3.63) is 48.0 Å². The van der Waals surface area contributed by atoms with E-state index in [2.05, 4.69) is 0 Å². The smallest absolute Gasteiger partial charge is 0.308 e. The third kappa shape index (κ3) is 4.39. The second kappa shape index (κ2) is 8.93. The van der Waals surface area contributed by atoms with Crippen molar-refractivity contribution in [1.29, 1.82) is 0 Å². The molecule has 2 aromatic rings. The number of amides is 3. The van der Waals surface area contributed by atoms with E-state index >= 15 is 0 Å². The molecule has 9 nitrogen and oxygen atoms in total. The van der Waals surface area contributed by atoms with Gasteiger partial charge in [-0.3, -0.25) is 19.2 Å². The summed E-state index contributed by atoms with van der Waals surface area (Å²) in [5, 5.41) is 0. The number of hydrogen-bond acceptors (Lipinski definition) is 7. The number of hydrogen-bond donors (Lipinski definition) is 0. The molecule has 1 heterocycles. The summed E-state index contributed by atoms with van der Waals surface area (Å²) in [6.07, 6.45) is 1.45. The minimum Gasteiger partial charge on any atom is -0.493 e. The Morgan fingerprint density at radius 3 is 2.21 bits per heavy atom. The number of rotatable bonds is 7. The van der Waals surface area contributed by atoms with Crippen LogP contribution in [-0.4, -0.2) is 54.9 Å². The molecule has 0 radical (unpaired) electrons. The summed E-state index contributed by atoms with van der Waals surface area (Å²) in [6.45, 7) is 1.29. The van der Waals surface area contributed by atoms with Gasteiger partial charge in [0.05, 0.1) is 26.3 Å². The monoisotopic (exact) mass is 452 g/mol. The number of benzene rings is 2. The van der Waals surface area contributed by atoms with Gasteiger partial charge >= 0.3 is 5.97 Å². The summed E-state index contributed by atoms with van der Waals surface area (Å²) in [6, 6.07) is 9.93. The zero-order valence-electron chi connectivity index (χ0n) is 18.6. The zero-order chi connectivity index (χ0) is 23.7. The van der Waals surface area contributed by atoms with E-state index in [0.29, 0.717) is 28.5 Å². The van der Waals surface area contributed by atoms with Crippen LogP contribution in [0, 0.1) is 0 Å². The van der Waals surface area contributed by atoms with Gasteiger partial charge in [-0.05, 0) is 55.3 Å². The van der Waals surface area contributed by atoms with Crippen LogP contribution in [-0.2, 0) is 14.4 Å². The van der Waals surface area contributed by atoms with Gasteiger partial charge in [0.15, 0.2) is 11.5 Å². The molecule has 1 saturated heterocycles. The second-order valence-corrected chi connectivity index (χ2v) is 7.89. The first-order chi connectivity index (χ1) is 15.8. The van der Waals surface area contributed by atoms with E-state index in [4.69, 9.17) is 14.2 Å². The first kappa shape index (κ1) is 22.3. The van der Waals surface area contributed by atoms with Gasteiger partial charge in [-0.2, -0.15) is 0 Å². The molecule has 1 aliphatic carbocycles. The lowest BCUT2D eigenvalue weighted by Gasteiger charge is -2.28. The first-order valence-corrected chi connectivity index (χ1v) is 10.5. The van der Waals surface area contributed by atoms with E-state index in [1.165, 1.54) is 50.3 Å². The Bertz CT molecular complexity index is 1110. The summed E-state index contributed by atoms with van der Waals surface area (Å²) in [4.78, 5) is 53.2. The van der Waals surface area contributed by atoms with E-state index in [9.17, 15) is 19.2 Å². The molecule has 2 fully saturated rings. The summed E-state index contributed by atoms with van der Waals surface area (Å²) in [5.74, 6) is -0.450. The van der Waals surface area contributed by atoms with Crippen LogP contribution in [0.15, 0.2) is 42.5 Å². The number of carbonyl (C=O) groups is 4. The lowest BCUT2D eigenvalue weighted by atomic mass is 10.1. The van der Waals surface area contributed by atoms with Crippen LogP contribution in [0.25, 0.3) is 0 Å². The minimum atomic E-state index is -0.890. The highest BCUT2D eigenvalue weighted by molar-refractivity contribution is 6.23. The Balaban J connectivity index is 1.59. The maximum absolute atomic E-state index is 13.4. The highest BCUT2D eigenvalue weighted by atomic mass is 16.5. The largest absolute Gasteiger partial charge is 0.493 e. The van der Waals surface area contributed by atoms with Gasteiger partial charge < -0.3 is 19.1 Å². The highest BCUT2D eigenvalue weighted by Gasteiger charge is 2.49. The summed E-state index contributed by atoms with van der Waals surface area (Å²) in [7, 11) is 2.99. The predicted molar refractivity (Wildman–Crippen MR) is 117 cm³/mol. The van der Waals surface area contributed by atoms with Crippen LogP contribution in [0.3, 0.4) is 0 Å². The normalized spacial score (nSPS) is 17.7. The molecule has 1 saturated carbocycles. The average Bonchev–Trinajstić information content (AvgIpc) is 3.59. The van der Waals surface area contributed by atoms with Crippen molar-refractivity contribution in [2.45, 2.75) is 38.3 Å². The van der Waals surface area contributed by atoms with Gasteiger partial charge in [-0.25, -0.2) is 4.90 Å². The lowest BCUT2D eigenvalue weighted by Crippen LogP contribution is -2.46. The van der Waals surface area contributed by atoms with Crippen molar-refractivity contribution in [3.8, 4) is 17.2 Å². The van der Waals surface area contributed by atoms with Gasteiger partial charge in [0, 0.05) is 18.5 Å². The third-order valence-corrected chi connectivity index (χ3v) is 5.62. The summed E-state index contributed by atoms with van der Waals surface area (Å²) >= 11 is 0. The molecule has 0 spiro atoms. The molecule has 2 aromatic carbocycles. The van der Waals surface area contributed by atoms with E-state index in [-0.39, 0.29) is 18.4 Å². The number of imide groups is 1. The fourth-order valence-electron chi connectivity index (χ4n) is 3.97. The molecule has 4 rings (SSSR count). The summed E-state index contributed by atoms with van der Waals surface area (Å²) < 4.78 is 15.5. The highest BCUT2D eigenvalue weighted by Crippen LogP contribution is 2.36. The van der Waals surface area contributed by atoms with Crippen molar-refractivity contribution in [3.63, 3.8) is 0 Å². The van der Waals surface area contributed by atoms with Gasteiger partial charge in [-0.15, -0.1) is 0 Å². The molecule has 1 unspecified atom stereocenters. The predicted octanol–water partition coefficient (Wildman–Crippen LogP) is 2.57. The van der Waals surface area contributed by atoms with E-state index in [0.717, 1.165) is 17.7 Å². The quantitative estimate of drug-likeness (QED) is 0.361. The Kier molecular flexibility index (Phi) is 6.04. The fourth-order valence-corrected chi connectivity index (χ4v) is 3.97. The molecule has 172 valence electrons. The SMILES string of the molecule is COc1ccc(C(=O)N(C2CC2)C2CC(=O)N(c3ccc(OC(C)=O)cc3)C2=O)cc1OC. The van der Waals surface area contributed by atoms with Crippen LogP contribution in [0.1, 0.15) is 36.5 Å². The molecule has 2 aliphatic rings. The zero-order valence-corrected chi connectivity index (χ0v) is 18.6. The van der Waals surface area contributed by atoms with E-state index < -0.39 is 23.8 Å². The molecule has 0 aromatic heterocycles. The molecule has 3 amide bonds. The second-order valence-electron chi connectivity index (χ2n) is 7.89. The molecule has 0 N–H and O–H groups in total. The molecule has 33 heavy (non-hydrogen) atoms. The van der Waals surface area contributed by atoms with Crippen molar-refractivity contribution in [1.82, 2.24) is 4.90 Å². The average molecular weight is 452 g/mol. The van der Waals surface area contributed by atoms with Crippen LogP contribution >= 0.6 is 0 Å². The number of anilines is 1. The maximum atomic E-state index is 13.4. The molecule has 0 bridgehead atoms. The Morgan fingerprint density at radius 1 is 0.970 bits per heavy atom. The van der Waals surface area contributed by atoms with Gasteiger partial charge in [0.25, 0.3) is 11.8 Å². The molecule has 1 atom stereocenters. The Labute approximate surface area is 190 Å². The van der Waals surface area contributed by atoms with Crippen molar-refractivity contribution < 1.29 is 33.4 Å². The number of carbonyl (C=O) groups excluding carboxylic acids is 4. The van der Waals surface area contributed by atoms with E-state index in [1.807, 2.05) is 0 Å². The Morgan fingerprint density at radius 2 is 1.64 bits per heavy atom. The van der Waals surface area contributed by atoms with Gasteiger partial charge in [-0.1, -0.05) is 0 Å². The van der Waals surface area contributed by atoms with Crippen LogP contribution in [0.2, 0.25) is 0 Å². The number of nitrogens with zero attached hydrogens (tertiary/aromatic N) is 2. The van der Waals surface area contributed by atoms with Crippen LogP contribution < -0.4 is 19.1 Å². The lowest BCUT2D eigenvalue weighted by molar-refractivity contribution is -0.132. The van der Waals surface area contributed by atoms with Crippen LogP contribution in [0.4, 0.5) is 5.69 Å². The van der Waals surface area contributed by atoms with Crippen molar-refractivity contribution in [2.24, 2.45) is 0 Å². The molecular weight excluding hydrogens is 428 g/mol. The Hall–Kier alpha value is -3.88. The van der Waals surface area contributed by atoms with Crippen molar-refractivity contribution in [2.75, 3.05) is 19.1 Å². The van der Waals surface area contributed by atoms with Crippen LogP contribution in [0.5, 0.6) is 17.2 Å². The number of ether oxygens (including phenoxy) is 3. The van der Waals surface area contributed by atoms with Crippen molar-refractivity contribution >= 4 is 29.4 Å². The molecular formula is C24H24N2O7. The summed E-state index contributed by atoms with van der Waals surface area (Å²) in [5.41, 5.74) is 0.710. The first-order valence-electron chi connectivity index (χ1n) is 10.5. The number of methoxy groups -OCH3 is 2. The number of esters is 1. The molecule has 1 aliphatic heterocycles. The minimum absolute atomic E-state index is 0.0972. The topological polar surface area (TPSA) is 102 Å². The molecule has 9 heteroatoms. The standard InChI is InChI=1S/C24H24N2O7/c1-14(27)33-18-9-7-17(8-10-18)26-22(28)13-19(24(26)30)25(16-5-6-16)23(29)15-4-11-20(31-2)21(12-15)32-3/h4,7-12,16,19H,5-6,13H2,1-3H3.